The average molecular weight is 405 g/mol. The summed E-state index contributed by atoms with van der Waals surface area (Å²) >= 11 is 0. The number of hydrogen-bond donors (Lipinski definition) is 1. The van der Waals surface area contributed by atoms with E-state index in [1.165, 1.54) is 103 Å². The van der Waals surface area contributed by atoms with Crippen LogP contribution in [0.15, 0.2) is 0 Å². The summed E-state index contributed by atoms with van der Waals surface area (Å²) in [5, 5.41) is 0. The monoisotopic (exact) mass is 404 g/mol. The van der Waals surface area contributed by atoms with Gasteiger partial charge in [0.05, 0.1) is 0 Å². The predicted molar refractivity (Wildman–Crippen MR) is 118 cm³/mol. The van der Waals surface area contributed by atoms with Gasteiger partial charge in [-0.25, -0.2) is 0 Å². The Morgan fingerprint density at radius 1 is 0.667 bits per heavy atom. The van der Waals surface area contributed by atoms with Crippen molar-refractivity contribution in [2.24, 2.45) is 5.73 Å². The zero-order valence-corrected chi connectivity index (χ0v) is 19.0. The summed E-state index contributed by atoms with van der Waals surface area (Å²) in [6.45, 7) is 3.38. The van der Waals surface area contributed by atoms with Gasteiger partial charge in [-0.2, -0.15) is 0 Å². The van der Waals surface area contributed by atoms with Gasteiger partial charge in [-0.1, -0.05) is 96.3 Å². The molecule has 0 aromatic rings. The van der Waals surface area contributed by atoms with Crippen LogP contribution in [-0.4, -0.2) is 19.4 Å². The topological polar surface area (TPSA) is 61.6 Å². The molecule has 0 fully saturated rings. The van der Waals surface area contributed by atoms with E-state index in [0.29, 0.717) is 6.61 Å². The maximum Gasteiger partial charge on any atom is 0.494 e. The largest absolute Gasteiger partial charge is 0.494 e. The van der Waals surface area contributed by atoms with Gasteiger partial charge in [0.15, 0.2) is 0 Å². The third kappa shape index (κ3) is 23.9. The average Bonchev–Trinajstić information content (AvgIpc) is 2.66. The van der Waals surface area contributed by atoms with Crippen LogP contribution in [0, 0.1) is 0 Å². The van der Waals surface area contributed by atoms with E-state index in [2.05, 4.69) is 0 Å². The van der Waals surface area contributed by atoms with Crippen LogP contribution in [0.2, 0.25) is 0 Å². The van der Waals surface area contributed by atoms with Crippen molar-refractivity contribution in [2.45, 2.75) is 129 Å². The van der Waals surface area contributed by atoms with E-state index in [9.17, 15) is 4.57 Å². The first-order chi connectivity index (χ1) is 13.3. The Bertz CT molecular complexity index is 293. The Morgan fingerprint density at radius 2 is 1.04 bits per heavy atom. The van der Waals surface area contributed by atoms with Crippen LogP contribution in [-0.2, 0) is 13.8 Å². The van der Waals surface area contributed by atoms with E-state index in [1.54, 1.807) is 0 Å². The molecule has 0 heterocycles. The third-order valence-electron chi connectivity index (χ3n) is 5.17. The number of unbranched alkanes of at least 4 members (excludes halogenated alkanes) is 16. The molecule has 0 spiro atoms. The minimum atomic E-state index is -0.590. The summed E-state index contributed by atoms with van der Waals surface area (Å²) in [5.74, 6) is 0. The first-order valence-electron chi connectivity index (χ1n) is 11.7. The maximum atomic E-state index is 10.1. The lowest BCUT2D eigenvalue weighted by Crippen LogP contribution is -2.23. The molecule has 0 rings (SSSR count). The van der Waals surface area contributed by atoms with E-state index < -0.39 is 8.69 Å². The second-order valence-electron chi connectivity index (χ2n) is 7.72. The molecule has 0 radical (unpaired) electrons. The van der Waals surface area contributed by atoms with Crippen LogP contribution in [0.1, 0.15) is 122 Å². The number of nitrogens with two attached hydrogens (primary N) is 1. The normalized spacial score (nSPS) is 12.7. The molecule has 0 saturated heterocycles. The fourth-order valence-electron chi connectivity index (χ4n) is 3.51. The Labute approximate surface area is 170 Å². The highest BCUT2D eigenvalue weighted by molar-refractivity contribution is 7.17. The van der Waals surface area contributed by atoms with E-state index in [0.717, 1.165) is 19.4 Å². The van der Waals surface area contributed by atoms with Crippen molar-refractivity contribution >= 4 is 8.69 Å². The zero-order chi connectivity index (χ0) is 19.8. The summed E-state index contributed by atoms with van der Waals surface area (Å²) in [7, 11) is -0.590. The smallest absolute Gasteiger partial charge is 0.364 e. The Morgan fingerprint density at radius 3 is 1.41 bits per heavy atom. The lowest BCUT2D eigenvalue weighted by molar-refractivity contribution is 0.0597. The van der Waals surface area contributed by atoms with Crippen LogP contribution >= 0.6 is 8.69 Å². The molecule has 4 nitrogen and oxygen atoms in total. The fourth-order valence-corrected chi connectivity index (χ4v) is 3.74. The molecule has 0 aromatic heterocycles. The number of ether oxygens (including phenoxy) is 1. The molecular formula is C22H47NO3P+. The van der Waals surface area contributed by atoms with Gasteiger partial charge in [0.1, 0.15) is 12.8 Å². The Hall–Kier alpha value is -0.0200. The van der Waals surface area contributed by atoms with Crippen LogP contribution in [0.4, 0.5) is 0 Å². The van der Waals surface area contributed by atoms with Gasteiger partial charge in [-0.05, 0) is 30.8 Å². The Balaban J connectivity index is 3.02. The first kappa shape index (κ1) is 27.0. The minimum Gasteiger partial charge on any atom is -0.364 e. The van der Waals surface area contributed by atoms with Gasteiger partial charge < -0.3 is 10.5 Å². The van der Waals surface area contributed by atoms with E-state index in [4.69, 9.17) is 15.0 Å². The molecule has 2 N–H and O–H groups in total. The summed E-state index contributed by atoms with van der Waals surface area (Å²) in [6.07, 6.45) is 23.8. The highest BCUT2D eigenvalue weighted by Crippen LogP contribution is 2.14. The summed E-state index contributed by atoms with van der Waals surface area (Å²) in [6, 6.07) is 0. The van der Waals surface area contributed by atoms with Gasteiger partial charge >= 0.3 is 8.69 Å². The maximum absolute atomic E-state index is 10.1. The molecular weight excluding hydrogens is 357 g/mol. The Kier molecular flexibility index (Phi) is 24.0. The van der Waals surface area contributed by atoms with E-state index in [1.807, 2.05) is 6.92 Å². The SMILES string of the molecule is CCOC(N)CCCCCCCCCCCCCCCCCCCO[PH+]=O. The van der Waals surface area contributed by atoms with Gasteiger partial charge in [-0.15, -0.1) is 4.52 Å². The molecule has 0 aromatic carbocycles. The molecule has 0 aliphatic rings. The molecule has 0 bridgehead atoms. The number of hydrogen-bond acceptors (Lipinski definition) is 4. The van der Waals surface area contributed by atoms with Gasteiger partial charge in [0.2, 0.25) is 0 Å². The lowest BCUT2D eigenvalue weighted by Gasteiger charge is -2.10. The molecule has 0 amide bonds. The standard InChI is InChI=1S/C22H47NO3P/c1-2-25-22(23)20-18-16-14-12-10-8-6-4-3-5-7-9-11-13-15-17-19-21-26-27-24/h22,27H,2-21,23H2,1H3/q+1. The molecule has 0 aliphatic heterocycles. The van der Waals surface area contributed by atoms with Crippen molar-refractivity contribution in [2.75, 3.05) is 13.2 Å². The first-order valence-corrected chi connectivity index (χ1v) is 12.5. The van der Waals surface area contributed by atoms with Gasteiger partial charge in [-0.3, -0.25) is 0 Å². The summed E-state index contributed by atoms with van der Waals surface area (Å²) in [4.78, 5) is 0. The van der Waals surface area contributed by atoms with Crippen LogP contribution in [0.25, 0.3) is 0 Å². The number of rotatable bonds is 23. The summed E-state index contributed by atoms with van der Waals surface area (Å²) < 4.78 is 20.3. The van der Waals surface area contributed by atoms with Crippen molar-refractivity contribution < 1.29 is 13.8 Å². The van der Waals surface area contributed by atoms with E-state index in [-0.39, 0.29) is 6.23 Å². The minimum absolute atomic E-state index is 0.0503. The quantitative estimate of drug-likeness (QED) is 0.110. The van der Waals surface area contributed by atoms with Crippen molar-refractivity contribution in [3.8, 4) is 0 Å². The predicted octanol–water partition coefficient (Wildman–Crippen LogP) is 7.29. The van der Waals surface area contributed by atoms with Crippen LogP contribution in [0.5, 0.6) is 0 Å². The third-order valence-corrected chi connectivity index (χ3v) is 5.50. The lowest BCUT2D eigenvalue weighted by atomic mass is 10.0. The molecule has 2 atom stereocenters. The zero-order valence-electron chi connectivity index (χ0n) is 18.0. The molecule has 27 heavy (non-hydrogen) atoms. The van der Waals surface area contributed by atoms with Crippen molar-refractivity contribution in [1.82, 2.24) is 0 Å². The summed E-state index contributed by atoms with van der Waals surface area (Å²) in [5.41, 5.74) is 5.83. The van der Waals surface area contributed by atoms with Crippen molar-refractivity contribution in [1.29, 1.82) is 0 Å². The van der Waals surface area contributed by atoms with Gasteiger partial charge in [0.25, 0.3) is 0 Å². The highest BCUT2D eigenvalue weighted by atomic mass is 31.1. The van der Waals surface area contributed by atoms with Crippen LogP contribution in [0.3, 0.4) is 0 Å². The molecule has 2 unspecified atom stereocenters. The second-order valence-corrected chi connectivity index (χ2v) is 8.18. The molecule has 0 aliphatic carbocycles. The van der Waals surface area contributed by atoms with E-state index >= 15 is 0 Å². The van der Waals surface area contributed by atoms with Crippen molar-refractivity contribution in [3.63, 3.8) is 0 Å². The van der Waals surface area contributed by atoms with Crippen molar-refractivity contribution in [3.05, 3.63) is 0 Å². The molecule has 5 heteroatoms. The molecule has 0 saturated carbocycles. The highest BCUT2D eigenvalue weighted by Gasteiger charge is 2.00. The molecule has 162 valence electrons. The fraction of sp³-hybridized carbons (Fsp3) is 1.00. The van der Waals surface area contributed by atoms with Gasteiger partial charge in [0, 0.05) is 6.61 Å². The van der Waals surface area contributed by atoms with Crippen LogP contribution < -0.4 is 5.73 Å². The second kappa shape index (κ2) is 24.0.